The molecule has 3 rings (SSSR count). The standard InChI is InChI=1S/C21H22ClNO4/c22-17-7-5-16(6-8-17)21(9-11-27-12-10-21)14-23-19(24)13-15-3-1-2-4-18(15)20(25)26/h1-8H,9-14H2,(H,23,24)(H,25,26). The number of amides is 1. The first kappa shape index (κ1) is 19.4. The molecule has 1 aliphatic heterocycles. The molecule has 0 bridgehead atoms. The summed E-state index contributed by atoms with van der Waals surface area (Å²) in [6.45, 7) is 1.76. The molecule has 0 aromatic heterocycles. The molecule has 27 heavy (non-hydrogen) atoms. The van der Waals surface area contributed by atoms with E-state index in [2.05, 4.69) is 5.32 Å². The lowest BCUT2D eigenvalue weighted by Gasteiger charge is -2.38. The molecular weight excluding hydrogens is 366 g/mol. The maximum Gasteiger partial charge on any atom is 0.335 e. The lowest BCUT2D eigenvalue weighted by molar-refractivity contribution is -0.120. The van der Waals surface area contributed by atoms with Crippen LogP contribution >= 0.6 is 11.6 Å². The average Bonchev–Trinajstić information content (AvgIpc) is 2.68. The van der Waals surface area contributed by atoms with Crippen LogP contribution in [-0.2, 0) is 21.4 Å². The zero-order chi connectivity index (χ0) is 19.3. The summed E-state index contributed by atoms with van der Waals surface area (Å²) >= 11 is 6.01. The van der Waals surface area contributed by atoms with Gasteiger partial charge in [-0.25, -0.2) is 4.79 Å². The van der Waals surface area contributed by atoms with Crippen molar-refractivity contribution in [2.75, 3.05) is 19.8 Å². The average molecular weight is 388 g/mol. The summed E-state index contributed by atoms with van der Waals surface area (Å²) in [5.74, 6) is -1.22. The number of benzene rings is 2. The van der Waals surface area contributed by atoms with E-state index in [0.717, 1.165) is 18.4 Å². The van der Waals surface area contributed by atoms with Crippen LogP contribution in [0.1, 0.15) is 34.3 Å². The first-order valence-electron chi connectivity index (χ1n) is 8.92. The second kappa shape index (κ2) is 8.55. The highest BCUT2D eigenvalue weighted by atomic mass is 35.5. The van der Waals surface area contributed by atoms with E-state index in [1.165, 1.54) is 6.07 Å². The van der Waals surface area contributed by atoms with Crippen molar-refractivity contribution in [3.63, 3.8) is 0 Å². The Bertz CT molecular complexity index is 813. The third-order valence-electron chi connectivity index (χ3n) is 5.13. The molecule has 5 nitrogen and oxygen atoms in total. The monoisotopic (exact) mass is 387 g/mol. The van der Waals surface area contributed by atoms with E-state index in [-0.39, 0.29) is 23.3 Å². The minimum Gasteiger partial charge on any atom is -0.478 e. The molecule has 2 aromatic carbocycles. The van der Waals surface area contributed by atoms with Gasteiger partial charge in [0.05, 0.1) is 12.0 Å². The normalized spacial score (nSPS) is 15.9. The zero-order valence-corrected chi connectivity index (χ0v) is 15.7. The first-order chi connectivity index (χ1) is 13.0. The molecule has 1 heterocycles. The van der Waals surface area contributed by atoms with Gasteiger partial charge in [0.1, 0.15) is 0 Å². The third-order valence-corrected chi connectivity index (χ3v) is 5.38. The van der Waals surface area contributed by atoms with Gasteiger partial charge in [-0.3, -0.25) is 4.79 Å². The van der Waals surface area contributed by atoms with E-state index in [1.807, 2.05) is 24.3 Å². The molecule has 1 saturated heterocycles. The van der Waals surface area contributed by atoms with Crippen molar-refractivity contribution >= 4 is 23.5 Å². The van der Waals surface area contributed by atoms with Crippen molar-refractivity contribution in [1.82, 2.24) is 5.32 Å². The second-order valence-electron chi connectivity index (χ2n) is 6.82. The number of carboxylic acid groups (broad SMARTS) is 1. The number of aromatic carboxylic acids is 1. The van der Waals surface area contributed by atoms with E-state index in [0.29, 0.717) is 30.3 Å². The maximum absolute atomic E-state index is 12.5. The van der Waals surface area contributed by atoms with Gasteiger partial charge in [-0.2, -0.15) is 0 Å². The van der Waals surface area contributed by atoms with Crippen LogP contribution in [0.5, 0.6) is 0 Å². The Hall–Kier alpha value is -2.37. The van der Waals surface area contributed by atoms with Crippen molar-refractivity contribution in [3.8, 4) is 0 Å². The van der Waals surface area contributed by atoms with Gasteiger partial charge in [0, 0.05) is 30.2 Å². The van der Waals surface area contributed by atoms with Gasteiger partial charge in [0.2, 0.25) is 5.91 Å². The number of ether oxygens (including phenoxy) is 1. The van der Waals surface area contributed by atoms with E-state index in [4.69, 9.17) is 16.3 Å². The SMILES string of the molecule is O=C(Cc1ccccc1C(=O)O)NCC1(c2ccc(Cl)cc2)CCOCC1. The van der Waals surface area contributed by atoms with Gasteiger partial charge in [0.15, 0.2) is 0 Å². The number of nitrogens with one attached hydrogen (secondary N) is 1. The van der Waals surface area contributed by atoms with Crippen LogP contribution in [0.3, 0.4) is 0 Å². The van der Waals surface area contributed by atoms with Crippen molar-refractivity contribution in [3.05, 3.63) is 70.2 Å². The summed E-state index contributed by atoms with van der Waals surface area (Å²) in [5, 5.41) is 12.9. The molecule has 2 N–H and O–H groups in total. The lowest BCUT2D eigenvalue weighted by Crippen LogP contribution is -2.45. The number of rotatable bonds is 6. The molecule has 1 aliphatic rings. The van der Waals surface area contributed by atoms with E-state index >= 15 is 0 Å². The van der Waals surface area contributed by atoms with Gasteiger partial charge in [-0.05, 0) is 42.2 Å². The van der Waals surface area contributed by atoms with Crippen LogP contribution in [-0.4, -0.2) is 36.7 Å². The molecule has 142 valence electrons. The Kier molecular flexibility index (Phi) is 6.14. The number of carboxylic acids is 1. The number of halogens is 1. The number of carbonyl (C=O) groups excluding carboxylic acids is 1. The molecule has 1 fully saturated rings. The van der Waals surface area contributed by atoms with Crippen LogP contribution in [0.2, 0.25) is 5.02 Å². The fraction of sp³-hybridized carbons (Fsp3) is 0.333. The topological polar surface area (TPSA) is 75.6 Å². The van der Waals surface area contributed by atoms with Crippen LogP contribution in [0.15, 0.2) is 48.5 Å². The van der Waals surface area contributed by atoms with Gasteiger partial charge in [-0.1, -0.05) is 41.9 Å². The summed E-state index contributed by atoms with van der Waals surface area (Å²) in [6.07, 6.45) is 1.65. The van der Waals surface area contributed by atoms with Crippen molar-refractivity contribution < 1.29 is 19.4 Å². The summed E-state index contributed by atoms with van der Waals surface area (Å²) in [4.78, 5) is 23.8. The van der Waals surface area contributed by atoms with Crippen molar-refractivity contribution in [2.45, 2.75) is 24.7 Å². The minimum absolute atomic E-state index is 0.0374. The third kappa shape index (κ3) is 4.67. The highest BCUT2D eigenvalue weighted by molar-refractivity contribution is 6.30. The molecule has 0 saturated carbocycles. The first-order valence-corrected chi connectivity index (χ1v) is 9.30. The quantitative estimate of drug-likeness (QED) is 0.796. The van der Waals surface area contributed by atoms with Crippen LogP contribution in [0, 0.1) is 0 Å². The number of hydrogen-bond acceptors (Lipinski definition) is 3. The Labute approximate surface area is 163 Å². The molecule has 0 atom stereocenters. The molecule has 1 amide bonds. The summed E-state index contributed by atoms with van der Waals surface area (Å²) in [6, 6.07) is 14.3. The molecule has 0 spiro atoms. The smallest absolute Gasteiger partial charge is 0.335 e. The lowest BCUT2D eigenvalue weighted by atomic mass is 9.74. The summed E-state index contributed by atoms with van der Waals surface area (Å²) in [5.41, 5.74) is 1.59. The minimum atomic E-state index is -1.03. The largest absolute Gasteiger partial charge is 0.478 e. The number of carbonyl (C=O) groups is 2. The molecule has 0 unspecified atom stereocenters. The number of hydrogen-bond donors (Lipinski definition) is 2. The van der Waals surface area contributed by atoms with Gasteiger partial charge in [0.25, 0.3) is 0 Å². The van der Waals surface area contributed by atoms with Gasteiger partial charge >= 0.3 is 5.97 Å². The van der Waals surface area contributed by atoms with Crippen LogP contribution in [0.25, 0.3) is 0 Å². The van der Waals surface area contributed by atoms with E-state index in [9.17, 15) is 14.7 Å². The second-order valence-corrected chi connectivity index (χ2v) is 7.25. The highest BCUT2D eigenvalue weighted by Gasteiger charge is 2.34. The predicted octanol–water partition coefficient (Wildman–Crippen LogP) is 3.45. The Morgan fingerprint density at radius 2 is 1.74 bits per heavy atom. The Morgan fingerprint density at radius 3 is 2.41 bits per heavy atom. The Morgan fingerprint density at radius 1 is 1.07 bits per heavy atom. The fourth-order valence-electron chi connectivity index (χ4n) is 3.52. The molecule has 0 radical (unpaired) electrons. The molecule has 0 aliphatic carbocycles. The van der Waals surface area contributed by atoms with E-state index in [1.54, 1.807) is 18.2 Å². The van der Waals surface area contributed by atoms with Gasteiger partial charge in [-0.15, -0.1) is 0 Å². The fourth-order valence-corrected chi connectivity index (χ4v) is 3.65. The van der Waals surface area contributed by atoms with Gasteiger partial charge < -0.3 is 15.2 Å². The van der Waals surface area contributed by atoms with Crippen molar-refractivity contribution in [1.29, 1.82) is 0 Å². The molecule has 6 heteroatoms. The summed E-state index contributed by atoms with van der Waals surface area (Å²) < 4.78 is 5.51. The zero-order valence-electron chi connectivity index (χ0n) is 14.9. The highest BCUT2D eigenvalue weighted by Crippen LogP contribution is 2.35. The predicted molar refractivity (Wildman–Crippen MR) is 103 cm³/mol. The Balaban J connectivity index is 1.71. The van der Waals surface area contributed by atoms with E-state index < -0.39 is 5.97 Å². The molecule has 2 aromatic rings. The molecular formula is C21H22ClNO4. The summed E-state index contributed by atoms with van der Waals surface area (Å²) in [7, 11) is 0. The van der Waals surface area contributed by atoms with Crippen molar-refractivity contribution in [2.24, 2.45) is 0 Å². The van der Waals surface area contributed by atoms with Crippen LogP contribution in [0.4, 0.5) is 0 Å². The van der Waals surface area contributed by atoms with Crippen LogP contribution < -0.4 is 5.32 Å². The maximum atomic E-state index is 12.5.